The molecule has 138 valence electrons. The fourth-order valence-electron chi connectivity index (χ4n) is 2.80. The Bertz CT molecular complexity index is 632. The van der Waals surface area contributed by atoms with Crippen molar-refractivity contribution in [1.29, 1.82) is 0 Å². The largest absolute Gasteiger partial charge is 0.373 e. The van der Waals surface area contributed by atoms with Crippen molar-refractivity contribution in [3.05, 3.63) is 28.2 Å². The predicted molar refractivity (Wildman–Crippen MR) is 99.2 cm³/mol. The van der Waals surface area contributed by atoms with E-state index in [2.05, 4.69) is 10.2 Å². The van der Waals surface area contributed by atoms with E-state index in [0.717, 1.165) is 0 Å². The van der Waals surface area contributed by atoms with Crippen molar-refractivity contribution in [2.24, 2.45) is 0 Å². The van der Waals surface area contributed by atoms with Crippen molar-refractivity contribution in [2.75, 3.05) is 38.5 Å². The van der Waals surface area contributed by atoms with Crippen molar-refractivity contribution in [2.45, 2.75) is 26.1 Å². The van der Waals surface area contributed by atoms with E-state index >= 15 is 0 Å². The van der Waals surface area contributed by atoms with E-state index in [0.29, 0.717) is 28.8 Å². The Morgan fingerprint density at radius 1 is 1.24 bits per heavy atom. The number of nitrogens with zero attached hydrogens (tertiary/aromatic N) is 2. The van der Waals surface area contributed by atoms with E-state index in [1.807, 2.05) is 13.8 Å². The maximum atomic E-state index is 12.3. The average molecular weight is 388 g/mol. The molecule has 1 aliphatic rings. The van der Waals surface area contributed by atoms with Crippen LogP contribution in [0.4, 0.5) is 5.69 Å². The Kier molecular flexibility index (Phi) is 7.07. The fraction of sp³-hybridized carbons (Fsp3) is 0.529. The summed E-state index contributed by atoms with van der Waals surface area (Å²) in [6, 6.07) is 4.83. The number of anilines is 1. The first-order valence-electron chi connectivity index (χ1n) is 8.11. The molecule has 1 aromatic rings. The Morgan fingerprint density at radius 2 is 1.88 bits per heavy atom. The van der Waals surface area contributed by atoms with Gasteiger partial charge in [-0.15, -0.1) is 0 Å². The molecule has 2 atom stereocenters. The zero-order valence-corrected chi connectivity index (χ0v) is 16.1. The van der Waals surface area contributed by atoms with Gasteiger partial charge in [0.05, 0.1) is 35.3 Å². The quantitative estimate of drug-likeness (QED) is 0.842. The minimum atomic E-state index is -0.294. The monoisotopic (exact) mass is 387 g/mol. The van der Waals surface area contributed by atoms with Crippen LogP contribution in [0.15, 0.2) is 18.2 Å². The Morgan fingerprint density at radius 3 is 2.48 bits per heavy atom. The second-order valence-electron chi connectivity index (χ2n) is 6.38. The molecule has 0 saturated carbocycles. The fourth-order valence-corrected chi connectivity index (χ4v) is 3.10. The maximum absolute atomic E-state index is 12.3. The van der Waals surface area contributed by atoms with Crippen LogP contribution in [-0.4, -0.2) is 67.0 Å². The molecule has 25 heavy (non-hydrogen) atoms. The lowest BCUT2D eigenvalue weighted by Gasteiger charge is -2.35. The first kappa shape index (κ1) is 20.0. The van der Waals surface area contributed by atoms with E-state index in [-0.39, 0.29) is 37.1 Å². The molecular formula is C17H23Cl2N3O3. The van der Waals surface area contributed by atoms with Crippen LogP contribution in [0.1, 0.15) is 13.8 Å². The topological polar surface area (TPSA) is 61.9 Å². The lowest BCUT2D eigenvalue weighted by Crippen LogP contribution is -2.50. The Labute approximate surface area is 158 Å². The van der Waals surface area contributed by atoms with Crippen LogP contribution >= 0.6 is 23.2 Å². The molecule has 0 spiro atoms. The van der Waals surface area contributed by atoms with Gasteiger partial charge in [0.2, 0.25) is 11.8 Å². The van der Waals surface area contributed by atoms with Gasteiger partial charge in [-0.2, -0.15) is 0 Å². The van der Waals surface area contributed by atoms with Gasteiger partial charge in [-0.05, 0) is 32.0 Å². The molecule has 0 radical (unpaired) electrons. The number of halogens is 2. The number of rotatable bonds is 5. The molecule has 2 amide bonds. The molecule has 1 saturated heterocycles. The van der Waals surface area contributed by atoms with E-state index in [9.17, 15) is 9.59 Å². The average Bonchev–Trinajstić information content (AvgIpc) is 2.49. The van der Waals surface area contributed by atoms with Crippen molar-refractivity contribution >= 4 is 40.7 Å². The molecule has 2 rings (SSSR count). The number of carbonyl (C=O) groups is 2. The van der Waals surface area contributed by atoms with Crippen molar-refractivity contribution < 1.29 is 14.3 Å². The van der Waals surface area contributed by atoms with E-state index < -0.39 is 0 Å². The minimum Gasteiger partial charge on any atom is -0.373 e. The molecule has 0 aromatic heterocycles. The summed E-state index contributed by atoms with van der Waals surface area (Å²) in [5.41, 5.74) is 0.538. The number of nitrogens with one attached hydrogen (secondary N) is 1. The molecule has 0 bridgehead atoms. The smallest absolute Gasteiger partial charge is 0.243 e. The molecule has 0 aliphatic carbocycles. The van der Waals surface area contributed by atoms with Gasteiger partial charge < -0.3 is 15.0 Å². The van der Waals surface area contributed by atoms with Crippen molar-refractivity contribution in [1.82, 2.24) is 9.80 Å². The van der Waals surface area contributed by atoms with Gasteiger partial charge in [0.1, 0.15) is 0 Å². The summed E-state index contributed by atoms with van der Waals surface area (Å²) in [6.07, 6.45) is 0.194. The normalized spacial score (nSPS) is 21.0. The van der Waals surface area contributed by atoms with Gasteiger partial charge in [0, 0.05) is 25.8 Å². The van der Waals surface area contributed by atoms with E-state index in [1.165, 1.54) is 4.90 Å². The Hall–Kier alpha value is -1.34. The SMILES string of the molecule is C[C@@H]1CN(CC(=O)N(C)CC(=O)Nc2ccc(Cl)c(Cl)c2)C[C@@H](C)O1. The second-order valence-corrected chi connectivity index (χ2v) is 7.19. The zero-order valence-electron chi connectivity index (χ0n) is 14.6. The molecule has 8 heteroatoms. The van der Waals surface area contributed by atoms with Gasteiger partial charge in [0.15, 0.2) is 0 Å². The molecular weight excluding hydrogens is 365 g/mol. The summed E-state index contributed by atoms with van der Waals surface area (Å²) in [4.78, 5) is 27.9. The van der Waals surface area contributed by atoms with Crippen molar-refractivity contribution in [3.63, 3.8) is 0 Å². The highest BCUT2D eigenvalue weighted by molar-refractivity contribution is 6.42. The number of hydrogen-bond acceptors (Lipinski definition) is 4. The highest BCUT2D eigenvalue weighted by Gasteiger charge is 2.25. The number of morpholine rings is 1. The highest BCUT2D eigenvalue weighted by atomic mass is 35.5. The third kappa shape index (κ3) is 6.15. The number of amides is 2. The third-order valence-corrected chi connectivity index (χ3v) is 4.60. The first-order valence-corrected chi connectivity index (χ1v) is 8.87. The number of ether oxygens (including phenoxy) is 1. The van der Waals surface area contributed by atoms with Crippen LogP contribution in [0.5, 0.6) is 0 Å². The number of carbonyl (C=O) groups excluding carboxylic acids is 2. The molecule has 1 fully saturated rings. The Balaban J connectivity index is 1.83. The molecule has 6 nitrogen and oxygen atoms in total. The third-order valence-electron chi connectivity index (χ3n) is 3.86. The lowest BCUT2D eigenvalue weighted by atomic mass is 10.2. The summed E-state index contributed by atoms with van der Waals surface area (Å²) >= 11 is 11.8. The van der Waals surface area contributed by atoms with Crippen molar-refractivity contribution in [3.8, 4) is 0 Å². The van der Waals surface area contributed by atoms with Gasteiger partial charge in [-0.25, -0.2) is 0 Å². The zero-order chi connectivity index (χ0) is 18.6. The van der Waals surface area contributed by atoms with E-state index in [1.54, 1.807) is 25.2 Å². The predicted octanol–water partition coefficient (Wildman–Crippen LogP) is 2.50. The molecule has 1 heterocycles. The number of likely N-dealkylation sites (N-methyl/N-ethyl adjacent to an activating group) is 1. The number of benzene rings is 1. The summed E-state index contributed by atoms with van der Waals surface area (Å²) in [7, 11) is 1.62. The standard InChI is InChI=1S/C17H23Cl2N3O3/c1-11-7-22(8-12(2)25-11)10-17(24)21(3)9-16(23)20-13-4-5-14(18)15(19)6-13/h4-6,11-12H,7-10H2,1-3H3,(H,20,23)/t11-,12-/m1/s1. The summed E-state index contributed by atoms with van der Waals surface area (Å²) < 4.78 is 5.66. The molecule has 1 aromatic carbocycles. The highest BCUT2D eigenvalue weighted by Crippen LogP contribution is 2.24. The first-order chi connectivity index (χ1) is 11.7. The van der Waals surface area contributed by atoms with Gasteiger partial charge in [-0.1, -0.05) is 23.2 Å². The lowest BCUT2D eigenvalue weighted by molar-refractivity contribution is -0.137. The van der Waals surface area contributed by atoms with Gasteiger partial charge in [0.25, 0.3) is 0 Å². The minimum absolute atomic E-state index is 0.0332. The summed E-state index contributed by atoms with van der Waals surface area (Å²) in [5.74, 6) is -0.399. The molecule has 1 N–H and O–H groups in total. The van der Waals surface area contributed by atoms with Crippen LogP contribution in [0.3, 0.4) is 0 Å². The van der Waals surface area contributed by atoms with Gasteiger partial charge >= 0.3 is 0 Å². The van der Waals surface area contributed by atoms with Crippen LogP contribution in [0.25, 0.3) is 0 Å². The summed E-state index contributed by atoms with van der Waals surface area (Å²) in [6.45, 7) is 5.63. The van der Waals surface area contributed by atoms with Crippen LogP contribution in [0.2, 0.25) is 10.0 Å². The number of hydrogen-bond donors (Lipinski definition) is 1. The second kappa shape index (κ2) is 8.85. The summed E-state index contributed by atoms with van der Waals surface area (Å²) in [5, 5.41) is 3.48. The van der Waals surface area contributed by atoms with Crippen LogP contribution in [0, 0.1) is 0 Å². The molecule has 1 aliphatic heterocycles. The van der Waals surface area contributed by atoms with Crippen LogP contribution in [-0.2, 0) is 14.3 Å². The van der Waals surface area contributed by atoms with E-state index in [4.69, 9.17) is 27.9 Å². The van der Waals surface area contributed by atoms with Crippen LogP contribution < -0.4 is 5.32 Å². The van der Waals surface area contributed by atoms with Gasteiger partial charge in [-0.3, -0.25) is 14.5 Å². The molecule has 0 unspecified atom stereocenters. The maximum Gasteiger partial charge on any atom is 0.243 e.